The molecule has 0 heterocycles. The van der Waals surface area contributed by atoms with Crippen LogP contribution in [-0.2, 0) is 33.6 Å². The molecule has 4 bridgehead atoms. The van der Waals surface area contributed by atoms with Gasteiger partial charge in [0.05, 0.1) is 29.1 Å². The van der Waals surface area contributed by atoms with Gasteiger partial charge in [-0.1, -0.05) is 342 Å². The molecule has 0 aromatic heterocycles. The summed E-state index contributed by atoms with van der Waals surface area (Å²) in [4.78, 5) is 72.5. The van der Waals surface area contributed by atoms with Crippen molar-refractivity contribution in [3.63, 3.8) is 0 Å². The van der Waals surface area contributed by atoms with E-state index >= 15 is 0 Å². The predicted molar refractivity (Wildman–Crippen MR) is 554 cm³/mol. The molecule has 5 saturated carbocycles. The van der Waals surface area contributed by atoms with Crippen molar-refractivity contribution in [3.8, 4) is 0 Å². The predicted octanol–water partition coefficient (Wildman–Crippen LogP) is 34.2. The highest BCUT2D eigenvalue weighted by Crippen LogP contribution is 2.62. The molecule has 5 aliphatic carbocycles. The van der Waals surface area contributed by atoms with Gasteiger partial charge in [-0.3, -0.25) is 33.6 Å². The average Bonchev–Trinajstić information content (AvgIpc) is 1.33. The van der Waals surface area contributed by atoms with Gasteiger partial charge in [-0.25, -0.2) is 0 Å². The second kappa shape index (κ2) is 80.4. The standard InChI is InChI=1S/C13H22.C10H22.2C9H18O2.2C8H16O2.C8H18.C7H12O2.C7H14O2.2C7H16.C7H14.C6H15N.C6H12O2/c1-9(2)13-6-10-3-11(7-13)5-12(4-10)8-13;1-5-7-10(8-6-2)9(3)4;1-7(2)5-9(3,4)6-8(10)11;1-7(2)5-6-9(3,4)8(10)11;1-6(2)4-7(3)5-8(9)10;1-5(2)6(3)7(4)8(9)10;1-7(2)6-8(3,4)5;1-5(2)7(3-4-7)6(8)9;1-4-6(5(2)3)7(8)9;1-6(2)5-7(3)4;2*1-4-5-6-7(2)3;1-5(2)6(3)7-4;1-5(2)3-4-6(7)8/h9-12H,3-8H2,1-2H3;9-10H,5-8H2,1-4H3;2*7H,5-6H2,1-4H3,(H,10,11);6-7H,4-5H2,1-3H3,(H,9,10);5-7H,1-4H3,(H,9,10);7H,6H2,1-5H3;5H,3-4H2,1-2H3,(H,8,9);5-6H,4H2,1-3H3,(H,8,9);6-7H,5H2,1-4H3;7H,4-6H2,1-3H3;4,7H,1,5-6H2,2-3H3;5-7H,1-4H3;5H,3-4H2,1-2H3,(H,7,8). The first-order chi connectivity index (χ1) is 57.6. The third-order valence-corrected chi connectivity index (χ3v) is 25.0. The lowest BCUT2D eigenvalue weighted by Crippen LogP contribution is -2.48. The van der Waals surface area contributed by atoms with Crippen molar-refractivity contribution in [2.45, 2.75) is 497 Å². The van der Waals surface area contributed by atoms with Crippen molar-refractivity contribution in [3.05, 3.63) is 12.7 Å². The van der Waals surface area contributed by atoms with E-state index in [1.807, 2.05) is 103 Å². The number of hydrogen-bond donors (Lipinski definition) is 8. The van der Waals surface area contributed by atoms with E-state index in [1.54, 1.807) is 59.3 Å². The second-order valence-corrected chi connectivity index (χ2v) is 47.4. The van der Waals surface area contributed by atoms with Crippen molar-refractivity contribution in [2.75, 3.05) is 7.05 Å². The average molecular weight is 1810 g/mol. The van der Waals surface area contributed by atoms with Crippen LogP contribution in [0.4, 0.5) is 0 Å². The molecule has 0 radical (unpaired) electrons. The van der Waals surface area contributed by atoms with Gasteiger partial charge in [0.25, 0.3) is 0 Å². The van der Waals surface area contributed by atoms with E-state index in [2.05, 4.69) is 213 Å². The largest absolute Gasteiger partial charge is 0.481 e. The van der Waals surface area contributed by atoms with Gasteiger partial charge in [0, 0.05) is 18.9 Å². The lowest BCUT2D eigenvalue weighted by molar-refractivity contribution is -0.147. The second-order valence-electron chi connectivity index (χ2n) is 47.4. The van der Waals surface area contributed by atoms with Gasteiger partial charge in [-0.05, 0) is 284 Å². The fourth-order valence-electron chi connectivity index (χ4n) is 16.8. The maximum atomic E-state index is 10.6. The molecule has 127 heavy (non-hydrogen) atoms. The molecule has 5 rings (SSSR count). The highest BCUT2D eigenvalue weighted by Gasteiger charge is 2.53. The Bertz CT molecular complexity index is 2560. The summed E-state index contributed by atoms with van der Waals surface area (Å²) in [6.45, 7) is 99.9. The fraction of sp³-hybridized carbons (Fsp3) is 0.920. The van der Waals surface area contributed by atoms with Gasteiger partial charge in [0.1, 0.15) is 0 Å². The number of hydrogen-bond acceptors (Lipinski definition) is 8. The normalized spacial score (nSPS) is 17.4. The van der Waals surface area contributed by atoms with Crippen LogP contribution in [0, 0.1) is 163 Å². The summed E-state index contributed by atoms with van der Waals surface area (Å²) in [5.74, 6) is 10.0. The van der Waals surface area contributed by atoms with Crippen LogP contribution in [0.15, 0.2) is 12.7 Å². The van der Waals surface area contributed by atoms with Crippen molar-refractivity contribution >= 4 is 41.8 Å². The summed E-state index contributed by atoms with van der Waals surface area (Å²) in [6.07, 6.45) is 34.2. The Morgan fingerprint density at radius 3 is 0.984 bits per heavy atom. The first-order valence-corrected chi connectivity index (χ1v) is 51.5. The third-order valence-electron chi connectivity index (χ3n) is 25.0. The Balaban J connectivity index is -0.000000146. The van der Waals surface area contributed by atoms with E-state index < -0.39 is 47.2 Å². The summed E-state index contributed by atoms with van der Waals surface area (Å²) < 4.78 is 0. The van der Waals surface area contributed by atoms with E-state index in [1.165, 1.54) is 64.2 Å². The number of allylic oxidation sites excluding steroid dienone is 1. The lowest BCUT2D eigenvalue weighted by atomic mass is 9.47. The Labute approximate surface area is 792 Å². The summed E-state index contributed by atoms with van der Waals surface area (Å²) in [7, 11) is 1.99. The zero-order valence-corrected chi connectivity index (χ0v) is 93.4. The summed E-state index contributed by atoms with van der Waals surface area (Å²) in [5, 5.41) is 62.9. The van der Waals surface area contributed by atoms with Gasteiger partial charge in [-0.15, -0.1) is 6.58 Å². The number of carboxylic acids is 7. The molecule has 5 unspecified atom stereocenters. The Morgan fingerprint density at radius 1 is 0.433 bits per heavy atom. The van der Waals surface area contributed by atoms with Crippen LogP contribution in [0.5, 0.6) is 0 Å². The van der Waals surface area contributed by atoms with Crippen molar-refractivity contribution in [2.24, 2.45) is 163 Å². The zero-order valence-electron chi connectivity index (χ0n) is 93.4. The van der Waals surface area contributed by atoms with E-state index in [9.17, 15) is 33.6 Å². The molecule has 5 fully saturated rings. The molecule has 5 atom stereocenters. The van der Waals surface area contributed by atoms with Crippen molar-refractivity contribution in [1.82, 2.24) is 5.32 Å². The molecule has 5 aliphatic rings. The smallest absolute Gasteiger partial charge is 0.309 e. The van der Waals surface area contributed by atoms with Crippen LogP contribution < -0.4 is 5.32 Å². The molecule has 0 aromatic carbocycles. The molecule has 0 amide bonds. The fourth-order valence-corrected chi connectivity index (χ4v) is 16.8. The molecule has 8 N–H and O–H groups in total. The van der Waals surface area contributed by atoms with E-state index in [4.69, 9.17) is 35.7 Å². The third kappa shape index (κ3) is 95.0. The van der Waals surface area contributed by atoms with E-state index in [0.29, 0.717) is 65.7 Å². The number of carbonyl (C=O) groups is 7. The number of carboxylic acid groups (broad SMARTS) is 7. The molecule has 0 aromatic rings. The van der Waals surface area contributed by atoms with Crippen LogP contribution in [0.3, 0.4) is 0 Å². The highest BCUT2D eigenvalue weighted by atomic mass is 16.4. The number of rotatable bonds is 40. The van der Waals surface area contributed by atoms with Crippen molar-refractivity contribution < 1.29 is 69.3 Å². The monoisotopic (exact) mass is 1810 g/mol. The highest BCUT2D eigenvalue weighted by molar-refractivity contribution is 5.78. The van der Waals surface area contributed by atoms with E-state index in [0.717, 1.165) is 134 Å². The summed E-state index contributed by atoms with van der Waals surface area (Å²) >= 11 is 0. The lowest BCUT2D eigenvalue weighted by Gasteiger charge is -2.58. The number of nitrogens with one attached hydrogen (secondary N) is 1. The Morgan fingerprint density at radius 2 is 0.835 bits per heavy atom. The van der Waals surface area contributed by atoms with Gasteiger partial charge < -0.3 is 41.1 Å². The molecular weight excluding hydrogens is 1580 g/mol. The minimum absolute atomic E-state index is 0.0556. The molecular formula is C112H229NO14. The molecule has 0 spiro atoms. The minimum atomic E-state index is -0.698. The first-order valence-electron chi connectivity index (χ1n) is 51.5. The zero-order chi connectivity index (χ0) is 103. The van der Waals surface area contributed by atoms with Crippen molar-refractivity contribution in [1.29, 1.82) is 0 Å². The molecule has 766 valence electrons. The van der Waals surface area contributed by atoms with Gasteiger partial charge in [-0.2, -0.15) is 0 Å². The van der Waals surface area contributed by atoms with Crippen LogP contribution >= 0.6 is 0 Å². The summed E-state index contributed by atoms with van der Waals surface area (Å²) in [6, 6.07) is 0.653. The SMILES string of the molecule is C=CCCC(C)C.CC(C)C(C)C(C)C(=O)O.CC(C)C1(C(=O)O)CC1.CC(C)C12CC3CC(CC(C3)C1)C2.CC(C)CC(C)(C)C.CC(C)CC(C)(C)CC(=O)O.CC(C)CC(C)C.CC(C)CC(C)CC(=O)O.CC(C)CCC(=O)O.CC(C)CCC(C)(C)C(=O)O.CCC(C(=O)O)C(C)C.CCCC(CCC)C(C)C.CCCCC(C)C.CNC(C)C(C)C. The maximum Gasteiger partial charge on any atom is 0.309 e. The molecule has 15 heteroatoms. The maximum absolute atomic E-state index is 10.6. The van der Waals surface area contributed by atoms with Crippen LogP contribution in [0.25, 0.3) is 0 Å². The first kappa shape index (κ1) is 143. The van der Waals surface area contributed by atoms with Crippen LogP contribution in [0.2, 0.25) is 0 Å². The van der Waals surface area contributed by atoms with Crippen LogP contribution in [-0.4, -0.2) is 90.6 Å². The number of aliphatic carboxylic acids is 7. The summed E-state index contributed by atoms with van der Waals surface area (Å²) in [5.41, 5.74) is 0.382. The van der Waals surface area contributed by atoms with Gasteiger partial charge in [0.15, 0.2) is 0 Å². The van der Waals surface area contributed by atoms with Crippen LogP contribution in [0.1, 0.15) is 491 Å². The quantitative estimate of drug-likeness (QED) is 0.0265. The van der Waals surface area contributed by atoms with E-state index in [-0.39, 0.29) is 40.9 Å². The number of unbranched alkanes of at least 4 members (excludes halogenated alkanes) is 1. The molecule has 0 aliphatic heterocycles. The Kier molecular flexibility index (Phi) is 90.8. The Hall–Kier alpha value is -4.01. The van der Waals surface area contributed by atoms with Gasteiger partial charge >= 0.3 is 41.8 Å². The van der Waals surface area contributed by atoms with Gasteiger partial charge in [0.2, 0.25) is 0 Å². The molecule has 15 nitrogen and oxygen atoms in total. The molecule has 0 saturated heterocycles. The topological polar surface area (TPSA) is 273 Å². The minimum Gasteiger partial charge on any atom is -0.481 e.